The van der Waals surface area contributed by atoms with E-state index >= 15 is 0 Å². The number of hydrogen-bond acceptors (Lipinski definition) is 3. The second kappa shape index (κ2) is 5.30. The van der Waals surface area contributed by atoms with Gasteiger partial charge in [-0.3, -0.25) is 0 Å². The number of halogens is 2. The van der Waals surface area contributed by atoms with Crippen molar-refractivity contribution >= 4 is 11.6 Å². The quantitative estimate of drug-likeness (QED) is 0.833. The van der Waals surface area contributed by atoms with Crippen LogP contribution in [0.1, 0.15) is 18.5 Å². The zero-order valence-electron chi connectivity index (χ0n) is 8.47. The third-order valence-corrected chi connectivity index (χ3v) is 2.27. The predicted molar refractivity (Wildman–Crippen MR) is 58.6 cm³/mol. The third kappa shape index (κ3) is 2.81. The molecule has 0 spiro atoms. The van der Waals surface area contributed by atoms with Crippen LogP contribution in [0.5, 0.6) is 5.75 Å². The molecule has 0 aromatic heterocycles. The van der Waals surface area contributed by atoms with E-state index in [1.807, 2.05) is 0 Å². The zero-order valence-corrected chi connectivity index (χ0v) is 9.22. The average Bonchev–Trinajstić information content (AvgIpc) is 2.22. The van der Waals surface area contributed by atoms with E-state index in [4.69, 9.17) is 27.8 Å². The van der Waals surface area contributed by atoms with Crippen molar-refractivity contribution in [2.75, 3.05) is 13.2 Å². The summed E-state index contributed by atoms with van der Waals surface area (Å²) in [5.41, 5.74) is 11.6. The molecule has 0 aliphatic carbocycles. The molecule has 0 fully saturated rings. The van der Waals surface area contributed by atoms with Gasteiger partial charge in [-0.05, 0) is 24.6 Å². The van der Waals surface area contributed by atoms with Gasteiger partial charge in [-0.2, -0.15) is 0 Å². The number of ether oxygens (including phenoxy) is 1. The largest absolute Gasteiger partial charge is 0.489 e. The van der Waals surface area contributed by atoms with Gasteiger partial charge in [0.25, 0.3) is 0 Å². The normalized spacial score (nSPS) is 12.6. The van der Waals surface area contributed by atoms with Crippen LogP contribution in [0.4, 0.5) is 4.39 Å². The van der Waals surface area contributed by atoms with Gasteiger partial charge in [-0.1, -0.05) is 11.6 Å². The molecule has 84 valence electrons. The molecule has 0 unspecified atom stereocenters. The molecule has 0 saturated carbocycles. The van der Waals surface area contributed by atoms with Gasteiger partial charge in [0.05, 0.1) is 11.6 Å². The van der Waals surface area contributed by atoms with Crippen LogP contribution in [0, 0.1) is 5.82 Å². The van der Waals surface area contributed by atoms with Crippen molar-refractivity contribution in [3.63, 3.8) is 0 Å². The summed E-state index contributed by atoms with van der Waals surface area (Å²) < 4.78 is 18.5. The summed E-state index contributed by atoms with van der Waals surface area (Å²) in [6.45, 7) is 2.36. The van der Waals surface area contributed by atoms with Gasteiger partial charge in [0.2, 0.25) is 0 Å². The lowest BCUT2D eigenvalue weighted by atomic mass is 10.1. The SMILES string of the molecule is CCOc1c(F)cc([C@H](N)CN)cc1Cl. The highest BCUT2D eigenvalue weighted by Crippen LogP contribution is 2.30. The lowest BCUT2D eigenvalue weighted by molar-refractivity contribution is 0.321. The van der Waals surface area contributed by atoms with Crippen LogP contribution in [0.2, 0.25) is 5.02 Å². The summed E-state index contributed by atoms with van der Waals surface area (Å²) >= 11 is 5.85. The summed E-state index contributed by atoms with van der Waals surface area (Å²) in [6, 6.07) is 2.47. The molecule has 0 heterocycles. The Hall–Kier alpha value is -0.840. The van der Waals surface area contributed by atoms with E-state index in [0.29, 0.717) is 12.2 Å². The van der Waals surface area contributed by atoms with Crippen molar-refractivity contribution in [3.05, 3.63) is 28.5 Å². The summed E-state index contributed by atoms with van der Waals surface area (Å²) in [5.74, 6) is -0.449. The molecule has 5 heteroatoms. The topological polar surface area (TPSA) is 61.3 Å². The Morgan fingerprint density at radius 3 is 2.67 bits per heavy atom. The Bertz CT molecular complexity index is 323. The fraction of sp³-hybridized carbons (Fsp3) is 0.400. The molecule has 0 aliphatic rings. The molecule has 0 bridgehead atoms. The highest BCUT2D eigenvalue weighted by molar-refractivity contribution is 6.32. The lowest BCUT2D eigenvalue weighted by Crippen LogP contribution is -2.20. The summed E-state index contributed by atoms with van der Waals surface area (Å²) in [4.78, 5) is 0. The number of rotatable bonds is 4. The summed E-state index contributed by atoms with van der Waals surface area (Å²) in [7, 11) is 0. The predicted octanol–water partition coefficient (Wildman–Crippen LogP) is 1.84. The third-order valence-electron chi connectivity index (χ3n) is 1.99. The first-order valence-electron chi connectivity index (χ1n) is 4.67. The lowest BCUT2D eigenvalue weighted by Gasteiger charge is -2.13. The van der Waals surface area contributed by atoms with Crippen molar-refractivity contribution in [2.45, 2.75) is 13.0 Å². The first-order chi connectivity index (χ1) is 7.10. The minimum absolute atomic E-state index is 0.0622. The fourth-order valence-corrected chi connectivity index (χ4v) is 1.48. The van der Waals surface area contributed by atoms with Gasteiger partial charge in [-0.15, -0.1) is 0 Å². The van der Waals surface area contributed by atoms with Crippen molar-refractivity contribution < 1.29 is 9.13 Å². The van der Waals surface area contributed by atoms with E-state index in [-0.39, 0.29) is 17.3 Å². The van der Waals surface area contributed by atoms with Crippen LogP contribution in [-0.2, 0) is 0 Å². The van der Waals surface area contributed by atoms with E-state index in [1.54, 1.807) is 13.0 Å². The van der Waals surface area contributed by atoms with Crippen molar-refractivity contribution in [2.24, 2.45) is 11.5 Å². The molecule has 0 saturated heterocycles. The first kappa shape index (κ1) is 12.2. The fourth-order valence-electron chi connectivity index (χ4n) is 1.21. The molecule has 4 N–H and O–H groups in total. The van der Waals surface area contributed by atoms with Crippen LogP contribution in [-0.4, -0.2) is 13.2 Å². The number of hydrogen-bond donors (Lipinski definition) is 2. The van der Waals surface area contributed by atoms with Crippen molar-refractivity contribution in [1.29, 1.82) is 0 Å². The molecule has 0 radical (unpaired) electrons. The zero-order chi connectivity index (χ0) is 11.4. The molecule has 1 aromatic carbocycles. The van der Waals surface area contributed by atoms with Gasteiger partial charge in [-0.25, -0.2) is 4.39 Å². The van der Waals surface area contributed by atoms with Crippen LogP contribution < -0.4 is 16.2 Å². The molecular weight excluding hydrogens is 219 g/mol. The smallest absolute Gasteiger partial charge is 0.173 e. The summed E-state index contributed by atoms with van der Waals surface area (Å²) in [6.07, 6.45) is 0. The van der Waals surface area contributed by atoms with E-state index in [9.17, 15) is 4.39 Å². The average molecular weight is 233 g/mol. The first-order valence-corrected chi connectivity index (χ1v) is 5.05. The van der Waals surface area contributed by atoms with E-state index in [1.165, 1.54) is 6.07 Å². The Morgan fingerprint density at radius 2 is 2.20 bits per heavy atom. The van der Waals surface area contributed by atoms with Gasteiger partial charge >= 0.3 is 0 Å². The maximum atomic E-state index is 13.5. The van der Waals surface area contributed by atoms with Crippen LogP contribution >= 0.6 is 11.6 Å². The Kier molecular flexibility index (Phi) is 4.32. The molecular formula is C10H14ClFN2O. The van der Waals surface area contributed by atoms with Crippen molar-refractivity contribution in [1.82, 2.24) is 0 Å². The molecule has 0 amide bonds. The highest BCUT2D eigenvalue weighted by atomic mass is 35.5. The van der Waals surface area contributed by atoms with E-state index < -0.39 is 11.9 Å². The molecule has 1 rings (SSSR count). The minimum atomic E-state index is -0.511. The second-order valence-corrected chi connectivity index (χ2v) is 3.50. The monoisotopic (exact) mass is 232 g/mol. The van der Waals surface area contributed by atoms with Crippen LogP contribution in [0.15, 0.2) is 12.1 Å². The van der Waals surface area contributed by atoms with Crippen LogP contribution in [0.3, 0.4) is 0 Å². The number of benzene rings is 1. The standard InChI is InChI=1S/C10H14ClFN2O/c1-2-15-10-7(11)3-6(4-8(10)12)9(14)5-13/h3-4,9H,2,5,13-14H2,1H3/t9-/m1/s1. The molecule has 0 aliphatic heterocycles. The molecule has 3 nitrogen and oxygen atoms in total. The van der Waals surface area contributed by atoms with Gasteiger partial charge in [0, 0.05) is 12.6 Å². The second-order valence-electron chi connectivity index (χ2n) is 3.09. The number of nitrogens with two attached hydrogens (primary N) is 2. The molecule has 1 atom stereocenters. The van der Waals surface area contributed by atoms with Gasteiger partial charge in [0.1, 0.15) is 0 Å². The Labute approximate surface area is 93.2 Å². The van der Waals surface area contributed by atoms with E-state index in [2.05, 4.69) is 0 Å². The van der Waals surface area contributed by atoms with Crippen molar-refractivity contribution in [3.8, 4) is 5.75 Å². The summed E-state index contributed by atoms with van der Waals surface area (Å²) in [5, 5.41) is 0.218. The molecule has 15 heavy (non-hydrogen) atoms. The maximum absolute atomic E-state index is 13.5. The maximum Gasteiger partial charge on any atom is 0.173 e. The van der Waals surface area contributed by atoms with E-state index in [0.717, 1.165) is 0 Å². The Morgan fingerprint density at radius 1 is 1.53 bits per heavy atom. The van der Waals surface area contributed by atoms with Gasteiger partial charge < -0.3 is 16.2 Å². The molecule has 1 aromatic rings. The van der Waals surface area contributed by atoms with Gasteiger partial charge in [0.15, 0.2) is 11.6 Å². The van der Waals surface area contributed by atoms with Crippen LogP contribution in [0.25, 0.3) is 0 Å². The Balaban J connectivity index is 3.07. The highest BCUT2D eigenvalue weighted by Gasteiger charge is 2.13. The minimum Gasteiger partial charge on any atom is -0.489 e.